The smallest absolute Gasteiger partial charge is 0.272 e. The molecule has 8 nitrogen and oxygen atoms in total. The maximum atomic E-state index is 13.0. The van der Waals surface area contributed by atoms with E-state index in [0.717, 1.165) is 0 Å². The number of anilines is 1. The lowest BCUT2D eigenvalue weighted by Gasteiger charge is -2.12. The van der Waals surface area contributed by atoms with Crippen molar-refractivity contribution in [1.29, 1.82) is 0 Å². The Kier molecular flexibility index (Phi) is 5.85. The van der Waals surface area contributed by atoms with Crippen molar-refractivity contribution in [2.45, 2.75) is 0 Å². The molecule has 0 fully saturated rings. The Morgan fingerprint density at radius 3 is 2.28 bits per heavy atom. The molecule has 0 atom stereocenters. The van der Waals surface area contributed by atoms with Crippen LogP contribution in [0.3, 0.4) is 0 Å². The third-order valence-electron chi connectivity index (χ3n) is 4.61. The molecule has 0 bridgehead atoms. The van der Waals surface area contributed by atoms with Gasteiger partial charge in [-0.15, -0.1) is 0 Å². The standard InChI is InChI=1S/C24H18N2O6/c27-22(16-4-2-1-3-5-16)26-19(12-15-6-11-20-21(13-15)32-14-31-20)23(28)25-18-9-7-17(8-10-18)24(29)30/h1-13H,14H2,(H,25,28)(H,26,27)(H,29,30)/p-1/b19-12+. The van der Waals surface area contributed by atoms with Crippen LogP contribution < -0.4 is 25.2 Å². The van der Waals surface area contributed by atoms with E-state index in [1.54, 1.807) is 48.5 Å². The quantitative estimate of drug-likeness (QED) is 0.580. The molecule has 3 aromatic carbocycles. The van der Waals surface area contributed by atoms with Crippen LogP contribution in [0.4, 0.5) is 5.69 Å². The van der Waals surface area contributed by atoms with Crippen molar-refractivity contribution in [2.24, 2.45) is 0 Å². The number of rotatable bonds is 6. The van der Waals surface area contributed by atoms with E-state index in [0.29, 0.717) is 28.3 Å². The van der Waals surface area contributed by atoms with E-state index in [1.807, 2.05) is 0 Å². The Balaban J connectivity index is 1.60. The van der Waals surface area contributed by atoms with Gasteiger partial charge >= 0.3 is 0 Å². The minimum Gasteiger partial charge on any atom is -0.545 e. The maximum absolute atomic E-state index is 13.0. The van der Waals surface area contributed by atoms with Gasteiger partial charge in [0.15, 0.2) is 11.5 Å². The molecule has 4 rings (SSSR count). The Morgan fingerprint density at radius 2 is 1.56 bits per heavy atom. The molecule has 0 unspecified atom stereocenters. The van der Waals surface area contributed by atoms with Gasteiger partial charge in [-0.2, -0.15) is 0 Å². The summed E-state index contributed by atoms with van der Waals surface area (Å²) in [5.41, 5.74) is 1.32. The monoisotopic (exact) mass is 429 g/mol. The normalized spacial score (nSPS) is 12.2. The molecule has 32 heavy (non-hydrogen) atoms. The van der Waals surface area contributed by atoms with Crippen molar-refractivity contribution in [1.82, 2.24) is 5.32 Å². The summed E-state index contributed by atoms with van der Waals surface area (Å²) in [7, 11) is 0. The van der Waals surface area contributed by atoms with Crippen LogP contribution in [0.25, 0.3) is 6.08 Å². The average Bonchev–Trinajstić information content (AvgIpc) is 3.27. The number of carbonyl (C=O) groups excluding carboxylic acids is 3. The lowest BCUT2D eigenvalue weighted by Crippen LogP contribution is -2.30. The molecule has 8 heteroatoms. The first-order valence-corrected chi connectivity index (χ1v) is 9.60. The van der Waals surface area contributed by atoms with Gasteiger partial charge in [0.1, 0.15) is 5.70 Å². The predicted molar refractivity (Wildman–Crippen MR) is 114 cm³/mol. The first-order valence-electron chi connectivity index (χ1n) is 9.60. The molecule has 2 amide bonds. The SMILES string of the molecule is O=C(Nc1ccc(C(=O)[O-])cc1)/C(=C\c1ccc2c(c1)OCO2)NC(=O)c1ccccc1. The summed E-state index contributed by atoms with van der Waals surface area (Å²) in [5.74, 6) is -1.24. The van der Waals surface area contributed by atoms with E-state index in [-0.39, 0.29) is 18.1 Å². The molecule has 1 aliphatic heterocycles. The fourth-order valence-corrected chi connectivity index (χ4v) is 3.00. The summed E-state index contributed by atoms with van der Waals surface area (Å²) >= 11 is 0. The fourth-order valence-electron chi connectivity index (χ4n) is 3.00. The summed E-state index contributed by atoms with van der Waals surface area (Å²) < 4.78 is 10.7. The van der Waals surface area contributed by atoms with Gasteiger partial charge in [-0.1, -0.05) is 36.4 Å². The molecule has 160 valence electrons. The number of benzene rings is 3. The number of amides is 2. The van der Waals surface area contributed by atoms with E-state index in [9.17, 15) is 19.5 Å². The molecule has 0 spiro atoms. The van der Waals surface area contributed by atoms with Gasteiger partial charge in [-0.25, -0.2) is 0 Å². The van der Waals surface area contributed by atoms with Crippen molar-refractivity contribution in [3.05, 3.63) is 95.2 Å². The van der Waals surface area contributed by atoms with Gasteiger partial charge in [-0.05, 0) is 53.6 Å². The van der Waals surface area contributed by atoms with Crippen LogP contribution >= 0.6 is 0 Å². The van der Waals surface area contributed by atoms with Crippen molar-refractivity contribution < 1.29 is 29.0 Å². The third kappa shape index (κ3) is 4.76. The number of carboxylic acid groups (broad SMARTS) is 1. The summed E-state index contributed by atoms with van der Waals surface area (Å²) in [4.78, 5) is 36.5. The topological polar surface area (TPSA) is 117 Å². The van der Waals surface area contributed by atoms with Gasteiger partial charge in [0.2, 0.25) is 6.79 Å². The number of hydrogen-bond donors (Lipinski definition) is 2. The molecular formula is C24H17N2O6-. The lowest BCUT2D eigenvalue weighted by atomic mass is 10.1. The zero-order valence-corrected chi connectivity index (χ0v) is 16.7. The average molecular weight is 429 g/mol. The number of fused-ring (bicyclic) bond motifs is 1. The largest absolute Gasteiger partial charge is 0.545 e. The van der Waals surface area contributed by atoms with Crippen LogP contribution in [-0.4, -0.2) is 24.6 Å². The molecule has 1 heterocycles. The molecule has 3 aromatic rings. The summed E-state index contributed by atoms with van der Waals surface area (Å²) in [5, 5.41) is 16.2. The molecule has 0 saturated heterocycles. The summed E-state index contributed by atoms with van der Waals surface area (Å²) in [6.07, 6.45) is 1.51. The van der Waals surface area contributed by atoms with Crippen LogP contribution in [0, 0.1) is 0 Å². The Labute approximate surface area is 183 Å². The molecule has 2 N–H and O–H groups in total. The van der Waals surface area contributed by atoms with Gasteiger partial charge in [-0.3, -0.25) is 9.59 Å². The first kappa shape index (κ1) is 20.7. The molecule has 1 aliphatic rings. The van der Waals surface area contributed by atoms with E-state index < -0.39 is 17.8 Å². The van der Waals surface area contributed by atoms with Crippen LogP contribution in [0.5, 0.6) is 11.5 Å². The predicted octanol–water partition coefficient (Wildman–Crippen LogP) is 2.19. The number of ether oxygens (including phenoxy) is 2. The molecule has 0 aromatic heterocycles. The highest BCUT2D eigenvalue weighted by atomic mass is 16.7. The second kappa shape index (κ2) is 9.05. The number of carboxylic acids is 1. The number of nitrogens with one attached hydrogen (secondary N) is 2. The van der Waals surface area contributed by atoms with Crippen LogP contribution in [-0.2, 0) is 4.79 Å². The zero-order chi connectivity index (χ0) is 22.5. The van der Waals surface area contributed by atoms with E-state index in [4.69, 9.17) is 9.47 Å². The molecular weight excluding hydrogens is 412 g/mol. The van der Waals surface area contributed by atoms with Gasteiger partial charge in [0.05, 0.1) is 5.97 Å². The summed E-state index contributed by atoms with van der Waals surface area (Å²) in [6, 6.07) is 19.1. The second-order valence-electron chi connectivity index (χ2n) is 6.81. The number of carbonyl (C=O) groups is 3. The van der Waals surface area contributed by atoms with Gasteiger partial charge in [0, 0.05) is 11.3 Å². The van der Waals surface area contributed by atoms with E-state index >= 15 is 0 Å². The maximum Gasteiger partial charge on any atom is 0.272 e. The molecule has 0 radical (unpaired) electrons. The first-order chi connectivity index (χ1) is 15.5. The van der Waals surface area contributed by atoms with Crippen molar-refractivity contribution in [3.8, 4) is 11.5 Å². The van der Waals surface area contributed by atoms with Crippen molar-refractivity contribution in [3.63, 3.8) is 0 Å². The second-order valence-corrected chi connectivity index (χ2v) is 6.81. The Bertz CT molecular complexity index is 1200. The van der Waals surface area contributed by atoms with E-state index in [1.165, 1.54) is 30.3 Å². The van der Waals surface area contributed by atoms with Crippen molar-refractivity contribution >= 4 is 29.5 Å². The number of hydrogen-bond acceptors (Lipinski definition) is 6. The molecule has 0 saturated carbocycles. The van der Waals surface area contributed by atoms with E-state index in [2.05, 4.69) is 10.6 Å². The summed E-state index contributed by atoms with van der Waals surface area (Å²) in [6.45, 7) is 0.114. The minimum absolute atomic E-state index is 0.0123. The highest BCUT2D eigenvalue weighted by molar-refractivity contribution is 6.10. The van der Waals surface area contributed by atoms with Crippen molar-refractivity contribution in [2.75, 3.05) is 12.1 Å². The third-order valence-corrected chi connectivity index (χ3v) is 4.61. The molecule has 0 aliphatic carbocycles. The highest BCUT2D eigenvalue weighted by Gasteiger charge is 2.17. The zero-order valence-electron chi connectivity index (χ0n) is 16.7. The fraction of sp³-hybridized carbons (Fsp3) is 0.0417. The van der Waals surface area contributed by atoms with Crippen LogP contribution in [0.1, 0.15) is 26.3 Å². The number of aromatic carboxylic acids is 1. The van der Waals surface area contributed by atoms with Gasteiger partial charge in [0.25, 0.3) is 11.8 Å². The van der Waals surface area contributed by atoms with Crippen LogP contribution in [0.15, 0.2) is 78.5 Å². The minimum atomic E-state index is -1.32. The highest BCUT2D eigenvalue weighted by Crippen LogP contribution is 2.33. The Hall–Kier alpha value is -4.59. The lowest BCUT2D eigenvalue weighted by molar-refractivity contribution is -0.255. The van der Waals surface area contributed by atoms with Crippen LogP contribution in [0.2, 0.25) is 0 Å². The van der Waals surface area contributed by atoms with Gasteiger partial charge < -0.3 is 30.0 Å². The Morgan fingerprint density at radius 1 is 0.844 bits per heavy atom.